The number of anilines is 1. The standard InChI is InChI=1S/C17H20N4O2/c1-12-14(21-20-13-8-6-5-7-9-13)10-11-15(18-12)19-16(22)23-17(2,3)4/h5-11H,1-4H3,(H,18,19,22)/b21-20+. The Labute approximate surface area is 135 Å². The first-order valence-corrected chi connectivity index (χ1v) is 7.28. The Bertz CT molecular complexity index is 706. The summed E-state index contributed by atoms with van der Waals surface area (Å²) in [7, 11) is 0. The van der Waals surface area contributed by atoms with Crippen LogP contribution in [0, 0.1) is 6.92 Å². The lowest BCUT2D eigenvalue weighted by Gasteiger charge is -2.19. The van der Waals surface area contributed by atoms with E-state index in [-0.39, 0.29) is 0 Å². The number of rotatable bonds is 3. The van der Waals surface area contributed by atoms with E-state index in [9.17, 15) is 4.79 Å². The molecule has 2 aromatic rings. The minimum absolute atomic E-state index is 0.412. The van der Waals surface area contributed by atoms with Gasteiger partial charge in [-0.15, -0.1) is 5.11 Å². The number of nitrogens with one attached hydrogen (secondary N) is 1. The quantitative estimate of drug-likeness (QED) is 0.796. The summed E-state index contributed by atoms with van der Waals surface area (Å²) < 4.78 is 5.19. The van der Waals surface area contributed by atoms with Crippen LogP contribution in [0.5, 0.6) is 0 Å². The highest BCUT2D eigenvalue weighted by Crippen LogP contribution is 2.22. The van der Waals surface area contributed by atoms with Crippen LogP contribution >= 0.6 is 0 Å². The van der Waals surface area contributed by atoms with Crippen molar-refractivity contribution in [3.8, 4) is 0 Å². The maximum Gasteiger partial charge on any atom is 0.413 e. The van der Waals surface area contributed by atoms with Crippen LogP contribution in [0.15, 0.2) is 52.7 Å². The van der Waals surface area contributed by atoms with Crippen molar-refractivity contribution >= 4 is 23.3 Å². The molecule has 1 aromatic carbocycles. The van der Waals surface area contributed by atoms with Gasteiger partial charge in [0.15, 0.2) is 0 Å². The average Bonchev–Trinajstić information content (AvgIpc) is 2.45. The van der Waals surface area contributed by atoms with Gasteiger partial charge in [-0.05, 0) is 52.0 Å². The van der Waals surface area contributed by atoms with Gasteiger partial charge in [0.25, 0.3) is 0 Å². The molecule has 23 heavy (non-hydrogen) atoms. The van der Waals surface area contributed by atoms with Crippen molar-refractivity contribution < 1.29 is 9.53 Å². The number of benzene rings is 1. The van der Waals surface area contributed by atoms with Crippen LogP contribution in [0.25, 0.3) is 0 Å². The van der Waals surface area contributed by atoms with Crippen molar-refractivity contribution in [2.24, 2.45) is 10.2 Å². The predicted molar refractivity (Wildman–Crippen MR) is 89.4 cm³/mol. The van der Waals surface area contributed by atoms with Gasteiger partial charge in [-0.2, -0.15) is 5.11 Å². The number of aromatic nitrogens is 1. The molecule has 0 aliphatic carbocycles. The topological polar surface area (TPSA) is 75.9 Å². The van der Waals surface area contributed by atoms with Crippen molar-refractivity contribution in [2.45, 2.75) is 33.3 Å². The Morgan fingerprint density at radius 2 is 1.78 bits per heavy atom. The van der Waals surface area contributed by atoms with Crippen LogP contribution < -0.4 is 5.32 Å². The zero-order valence-corrected chi connectivity index (χ0v) is 13.7. The minimum atomic E-state index is -0.553. The second-order valence-electron chi connectivity index (χ2n) is 5.96. The summed E-state index contributed by atoms with van der Waals surface area (Å²) in [5, 5.41) is 10.9. The van der Waals surface area contributed by atoms with Crippen molar-refractivity contribution in [1.29, 1.82) is 0 Å². The van der Waals surface area contributed by atoms with Crippen LogP contribution in [-0.2, 0) is 4.74 Å². The zero-order valence-electron chi connectivity index (χ0n) is 13.7. The SMILES string of the molecule is Cc1nc(NC(=O)OC(C)(C)C)ccc1/N=N/c1ccccc1. The highest BCUT2D eigenvalue weighted by atomic mass is 16.6. The molecular weight excluding hydrogens is 292 g/mol. The molecule has 6 nitrogen and oxygen atoms in total. The Balaban J connectivity index is 2.06. The molecule has 1 amide bonds. The summed E-state index contributed by atoms with van der Waals surface area (Å²) in [5.41, 5.74) is 1.52. The van der Waals surface area contributed by atoms with Gasteiger partial charge < -0.3 is 4.74 Å². The predicted octanol–water partition coefficient (Wildman–Crippen LogP) is 5.15. The molecule has 0 saturated heterocycles. The zero-order chi connectivity index (χ0) is 16.9. The molecule has 0 aliphatic rings. The molecule has 1 heterocycles. The van der Waals surface area contributed by atoms with Crippen LogP contribution in [0.1, 0.15) is 26.5 Å². The Morgan fingerprint density at radius 3 is 2.39 bits per heavy atom. The first-order chi connectivity index (χ1) is 10.8. The molecule has 0 saturated carbocycles. The molecule has 0 aliphatic heterocycles. The molecule has 2 rings (SSSR count). The van der Waals surface area contributed by atoms with Gasteiger partial charge in [0.1, 0.15) is 17.1 Å². The number of ether oxygens (including phenoxy) is 1. The van der Waals surface area contributed by atoms with Gasteiger partial charge in [-0.1, -0.05) is 18.2 Å². The number of nitrogens with zero attached hydrogens (tertiary/aromatic N) is 3. The fraction of sp³-hybridized carbons (Fsp3) is 0.294. The Hall–Kier alpha value is -2.76. The maximum atomic E-state index is 11.7. The fourth-order valence-corrected chi connectivity index (χ4v) is 1.74. The van der Waals surface area contributed by atoms with Crippen molar-refractivity contribution in [3.05, 3.63) is 48.2 Å². The van der Waals surface area contributed by atoms with E-state index in [1.54, 1.807) is 39.8 Å². The van der Waals surface area contributed by atoms with E-state index >= 15 is 0 Å². The van der Waals surface area contributed by atoms with Gasteiger partial charge in [0.05, 0.1) is 11.4 Å². The van der Waals surface area contributed by atoms with Crippen LogP contribution in [0.3, 0.4) is 0 Å². The van der Waals surface area contributed by atoms with Crippen LogP contribution in [0.4, 0.5) is 22.0 Å². The average molecular weight is 312 g/mol. The number of hydrogen-bond donors (Lipinski definition) is 1. The number of azo groups is 1. The molecule has 120 valence electrons. The second-order valence-corrected chi connectivity index (χ2v) is 5.96. The number of pyridine rings is 1. The highest BCUT2D eigenvalue weighted by molar-refractivity contribution is 5.83. The molecule has 0 spiro atoms. The number of carbonyl (C=O) groups is 1. The molecule has 0 radical (unpaired) electrons. The summed E-state index contributed by atoms with van der Waals surface area (Å²) in [6.45, 7) is 7.22. The van der Waals surface area contributed by atoms with E-state index in [1.807, 2.05) is 30.3 Å². The summed E-state index contributed by atoms with van der Waals surface area (Å²) in [4.78, 5) is 16.0. The molecule has 0 unspecified atom stereocenters. The van der Waals surface area contributed by atoms with Crippen LogP contribution in [-0.4, -0.2) is 16.7 Å². The van der Waals surface area contributed by atoms with E-state index in [2.05, 4.69) is 20.5 Å². The van der Waals surface area contributed by atoms with Gasteiger partial charge in [-0.3, -0.25) is 5.32 Å². The number of carbonyl (C=O) groups excluding carboxylic acids is 1. The number of aryl methyl sites for hydroxylation is 1. The summed E-state index contributed by atoms with van der Waals surface area (Å²) in [6, 6.07) is 12.9. The number of amides is 1. The molecule has 1 N–H and O–H groups in total. The smallest absolute Gasteiger partial charge is 0.413 e. The van der Waals surface area contributed by atoms with Gasteiger partial charge >= 0.3 is 6.09 Å². The lowest BCUT2D eigenvalue weighted by molar-refractivity contribution is 0.0635. The molecule has 0 fully saturated rings. The molecule has 0 bridgehead atoms. The molecular formula is C17H20N4O2. The molecule has 6 heteroatoms. The third-order valence-electron chi connectivity index (χ3n) is 2.72. The van der Waals surface area contributed by atoms with E-state index in [1.165, 1.54) is 0 Å². The maximum absolute atomic E-state index is 11.7. The van der Waals surface area contributed by atoms with Crippen LogP contribution in [0.2, 0.25) is 0 Å². The molecule has 0 atom stereocenters. The lowest BCUT2D eigenvalue weighted by Crippen LogP contribution is -2.27. The van der Waals surface area contributed by atoms with Crippen molar-refractivity contribution in [3.63, 3.8) is 0 Å². The van der Waals surface area contributed by atoms with Gasteiger partial charge in [0, 0.05) is 0 Å². The summed E-state index contributed by atoms with van der Waals surface area (Å²) in [5.74, 6) is 0.412. The fourth-order valence-electron chi connectivity index (χ4n) is 1.74. The third kappa shape index (κ3) is 5.50. The Kier molecular flexibility index (Phi) is 5.05. The van der Waals surface area contributed by atoms with Gasteiger partial charge in [0.2, 0.25) is 0 Å². The monoisotopic (exact) mass is 312 g/mol. The third-order valence-corrected chi connectivity index (χ3v) is 2.72. The van der Waals surface area contributed by atoms with Gasteiger partial charge in [-0.25, -0.2) is 9.78 Å². The van der Waals surface area contributed by atoms with E-state index < -0.39 is 11.7 Å². The van der Waals surface area contributed by atoms with E-state index in [4.69, 9.17) is 4.74 Å². The normalized spacial score (nSPS) is 11.5. The first kappa shape index (κ1) is 16.6. The summed E-state index contributed by atoms with van der Waals surface area (Å²) in [6.07, 6.45) is -0.539. The number of hydrogen-bond acceptors (Lipinski definition) is 5. The van der Waals surface area contributed by atoms with Crippen molar-refractivity contribution in [2.75, 3.05) is 5.32 Å². The highest BCUT2D eigenvalue weighted by Gasteiger charge is 2.16. The Morgan fingerprint density at radius 1 is 1.09 bits per heavy atom. The minimum Gasteiger partial charge on any atom is -0.444 e. The van der Waals surface area contributed by atoms with E-state index in [0.717, 1.165) is 5.69 Å². The lowest BCUT2D eigenvalue weighted by atomic mass is 10.2. The van der Waals surface area contributed by atoms with Crippen molar-refractivity contribution in [1.82, 2.24) is 4.98 Å². The first-order valence-electron chi connectivity index (χ1n) is 7.28. The largest absolute Gasteiger partial charge is 0.444 e. The van der Waals surface area contributed by atoms with E-state index in [0.29, 0.717) is 17.2 Å². The second kappa shape index (κ2) is 7.00. The summed E-state index contributed by atoms with van der Waals surface area (Å²) >= 11 is 0. The molecule has 1 aromatic heterocycles.